The second-order valence-corrected chi connectivity index (χ2v) is 7.65. The van der Waals surface area contributed by atoms with Gasteiger partial charge in [0.1, 0.15) is 17.4 Å². The SMILES string of the molecule is Fc1ccc(F)c(C2=CC3(NN2)C2=C(C=CCC2)OCC3CCI)c1. The minimum Gasteiger partial charge on any atom is -0.493 e. The van der Waals surface area contributed by atoms with Crippen LogP contribution >= 0.6 is 22.6 Å². The Hall–Kier alpha value is -1.41. The molecule has 1 aromatic carbocycles. The summed E-state index contributed by atoms with van der Waals surface area (Å²) >= 11 is 2.37. The first-order chi connectivity index (χ1) is 12.1. The Morgan fingerprint density at radius 2 is 2.20 bits per heavy atom. The average molecular weight is 456 g/mol. The summed E-state index contributed by atoms with van der Waals surface area (Å²) in [4.78, 5) is 0. The second kappa shape index (κ2) is 6.72. The van der Waals surface area contributed by atoms with Crippen molar-refractivity contribution in [2.45, 2.75) is 24.8 Å². The fourth-order valence-corrected chi connectivity index (χ4v) is 4.65. The molecule has 2 N–H and O–H groups in total. The van der Waals surface area contributed by atoms with Crippen molar-refractivity contribution in [2.24, 2.45) is 5.92 Å². The predicted molar refractivity (Wildman–Crippen MR) is 102 cm³/mol. The molecule has 0 saturated carbocycles. The van der Waals surface area contributed by atoms with Gasteiger partial charge in [0, 0.05) is 15.9 Å². The number of allylic oxidation sites excluding steroid dienone is 2. The third-order valence-electron chi connectivity index (χ3n) is 5.16. The number of halogens is 3. The van der Waals surface area contributed by atoms with E-state index in [-0.39, 0.29) is 11.5 Å². The lowest BCUT2D eigenvalue weighted by Gasteiger charge is -2.43. The fourth-order valence-electron chi connectivity index (χ4n) is 3.90. The molecule has 4 rings (SSSR count). The van der Waals surface area contributed by atoms with E-state index in [1.165, 1.54) is 17.7 Å². The molecule has 2 aliphatic heterocycles. The highest BCUT2D eigenvalue weighted by atomic mass is 127. The molecule has 3 aliphatic rings. The van der Waals surface area contributed by atoms with E-state index in [1.807, 2.05) is 12.2 Å². The summed E-state index contributed by atoms with van der Waals surface area (Å²) in [7, 11) is 0. The van der Waals surface area contributed by atoms with Crippen LogP contribution in [0.1, 0.15) is 24.8 Å². The number of rotatable bonds is 3. The standard InChI is InChI=1S/C19H19F2IN2O/c20-13-5-6-16(21)14(9-13)17-10-19(24-23-17)12(7-8-22)11-25-18-4-2-1-3-15(18)19/h2,4-6,9-10,12,23-24H,1,3,7-8,11H2. The quantitative estimate of drug-likeness (QED) is 0.528. The zero-order chi connectivity index (χ0) is 17.4. The van der Waals surface area contributed by atoms with Gasteiger partial charge in [-0.05, 0) is 55.2 Å². The monoisotopic (exact) mass is 456 g/mol. The number of benzene rings is 1. The van der Waals surface area contributed by atoms with E-state index in [0.717, 1.165) is 35.5 Å². The summed E-state index contributed by atoms with van der Waals surface area (Å²) in [6.07, 6.45) is 9.00. The van der Waals surface area contributed by atoms with Gasteiger partial charge in [-0.1, -0.05) is 28.7 Å². The molecule has 0 fully saturated rings. The van der Waals surface area contributed by atoms with Crippen molar-refractivity contribution in [3.63, 3.8) is 0 Å². The number of fused-ring (bicyclic) bond motifs is 1. The molecule has 1 aliphatic carbocycles. The molecular formula is C19H19F2IN2O. The van der Waals surface area contributed by atoms with Gasteiger partial charge in [-0.15, -0.1) is 0 Å². The van der Waals surface area contributed by atoms with E-state index >= 15 is 0 Å². The fraction of sp³-hybridized carbons (Fsp3) is 0.368. The van der Waals surface area contributed by atoms with Gasteiger partial charge >= 0.3 is 0 Å². The predicted octanol–water partition coefficient (Wildman–Crippen LogP) is 4.23. The van der Waals surface area contributed by atoms with Crippen LogP contribution in [0, 0.1) is 17.6 Å². The van der Waals surface area contributed by atoms with E-state index in [1.54, 1.807) is 0 Å². The normalized spacial score (nSPS) is 27.8. The van der Waals surface area contributed by atoms with Crippen molar-refractivity contribution in [2.75, 3.05) is 11.0 Å². The van der Waals surface area contributed by atoms with Gasteiger partial charge in [0.15, 0.2) is 0 Å². The molecule has 3 nitrogen and oxygen atoms in total. The first-order valence-corrected chi connectivity index (χ1v) is 9.97. The van der Waals surface area contributed by atoms with Crippen molar-refractivity contribution in [1.29, 1.82) is 0 Å². The van der Waals surface area contributed by atoms with Crippen LogP contribution < -0.4 is 10.9 Å². The Labute approximate surface area is 159 Å². The molecule has 2 unspecified atom stereocenters. The van der Waals surface area contributed by atoms with E-state index in [9.17, 15) is 8.78 Å². The van der Waals surface area contributed by atoms with Gasteiger partial charge < -0.3 is 10.2 Å². The van der Waals surface area contributed by atoms with Crippen LogP contribution in [0.4, 0.5) is 8.78 Å². The van der Waals surface area contributed by atoms with Crippen molar-refractivity contribution in [3.05, 3.63) is 65.0 Å². The number of hydrazine groups is 1. The van der Waals surface area contributed by atoms with E-state index < -0.39 is 17.2 Å². The molecule has 132 valence electrons. The Morgan fingerprint density at radius 1 is 1.32 bits per heavy atom. The Morgan fingerprint density at radius 3 is 3.04 bits per heavy atom. The van der Waals surface area contributed by atoms with Gasteiger partial charge in [0.2, 0.25) is 0 Å². The van der Waals surface area contributed by atoms with Crippen molar-refractivity contribution >= 4 is 28.3 Å². The first kappa shape index (κ1) is 17.0. The Balaban J connectivity index is 1.81. The molecule has 0 radical (unpaired) electrons. The maximum absolute atomic E-state index is 14.2. The molecule has 1 aromatic rings. The van der Waals surface area contributed by atoms with Gasteiger partial charge in [0.05, 0.1) is 17.8 Å². The average Bonchev–Trinajstić information content (AvgIpc) is 3.06. The molecule has 25 heavy (non-hydrogen) atoms. The molecule has 0 bridgehead atoms. The number of nitrogens with one attached hydrogen (secondary N) is 2. The molecule has 0 amide bonds. The van der Waals surface area contributed by atoms with Gasteiger partial charge in [0.25, 0.3) is 0 Å². The lowest BCUT2D eigenvalue weighted by atomic mass is 9.72. The van der Waals surface area contributed by atoms with Crippen LogP contribution in [-0.4, -0.2) is 16.6 Å². The maximum Gasteiger partial charge on any atom is 0.132 e. The number of hydrogen-bond acceptors (Lipinski definition) is 3. The lowest BCUT2D eigenvalue weighted by Crippen LogP contribution is -2.55. The molecule has 2 heterocycles. The van der Waals surface area contributed by atoms with Crippen LogP contribution in [-0.2, 0) is 4.74 Å². The van der Waals surface area contributed by atoms with Gasteiger partial charge in [-0.25, -0.2) is 14.2 Å². The topological polar surface area (TPSA) is 33.3 Å². The molecular weight excluding hydrogens is 437 g/mol. The zero-order valence-electron chi connectivity index (χ0n) is 13.6. The highest BCUT2D eigenvalue weighted by Gasteiger charge is 2.48. The molecule has 0 saturated heterocycles. The largest absolute Gasteiger partial charge is 0.493 e. The van der Waals surface area contributed by atoms with Crippen LogP contribution in [0.15, 0.2) is 47.8 Å². The first-order valence-electron chi connectivity index (χ1n) is 8.44. The summed E-state index contributed by atoms with van der Waals surface area (Å²) in [5.41, 5.74) is 8.11. The van der Waals surface area contributed by atoms with Crippen LogP contribution in [0.25, 0.3) is 5.70 Å². The van der Waals surface area contributed by atoms with Crippen molar-refractivity contribution in [3.8, 4) is 0 Å². The highest BCUT2D eigenvalue weighted by molar-refractivity contribution is 14.1. The van der Waals surface area contributed by atoms with Crippen molar-refractivity contribution < 1.29 is 13.5 Å². The van der Waals surface area contributed by atoms with E-state index in [0.29, 0.717) is 12.3 Å². The lowest BCUT2D eigenvalue weighted by molar-refractivity contribution is 0.0965. The summed E-state index contributed by atoms with van der Waals surface area (Å²) in [6, 6.07) is 3.54. The number of ether oxygens (including phenoxy) is 1. The Kier molecular flexibility index (Phi) is 4.58. The minimum absolute atomic E-state index is 0.233. The van der Waals surface area contributed by atoms with Crippen molar-refractivity contribution in [1.82, 2.24) is 10.9 Å². The summed E-state index contributed by atoms with van der Waals surface area (Å²) in [5.74, 6) is 0.254. The smallest absolute Gasteiger partial charge is 0.132 e. The molecule has 0 aromatic heterocycles. The van der Waals surface area contributed by atoms with Crippen LogP contribution in [0.2, 0.25) is 0 Å². The third-order valence-corrected chi connectivity index (χ3v) is 5.79. The summed E-state index contributed by atoms with van der Waals surface area (Å²) in [5, 5.41) is 0. The number of hydrogen-bond donors (Lipinski definition) is 2. The molecule has 1 spiro atoms. The molecule has 6 heteroatoms. The van der Waals surface area contributed by atoms with Gasteiger partial charge in [-0.3, -0.25) is 0 Å². The second-order valence-electron chi connectivity index (χ2n) is 6.57. The molecule has 2 atom stereocenters. The third kappa shape index (κ3) is 2.89. The maximum atomic E-state index is 14.2. The van der Waals surface area contributed by atoms with Gasteiger partial charge in [-0.2, -0.15) is 0 Å². The minimum atomic E-state index is -0.448. The van der Waals surface area contributed by atoms with Crippen LogP contribution in [0.5, 0.6) is 0 Å². The zero-order valence-corrected chi connectivity index (χ0v) is 15.8. The highest BCUT2D eigenvalue weighted by Crippen LogP contribution is 2.44. The summed E-state index contributed by atoms with van der Waals surface area (Å²) < 4.78 is 34.8. The Bertz CT molecular complexity index is 790. The van der Waals surface area contributed by atoms with Crippen LogP contribution in [0.3, 0.4) is 0 Å². The van der Waals surface area contributed by atoms with E-state index in [4.69, 9.17) is 4.74 Å². The van der Waals surface area contributed by atoms with E-state index in [2.05, 4.69) is 39.5 Å². The summed E-state index contributed by atoms with van der Waals surface area (Å²) in [6.45, 7) is 0.607. The number of alkyl halides is 1.